The first kappa shape index (κ1) is 19.5. The van der Waals surface area contributed by atoms with Gasteiger partial charge in [-0.05, 0) is 60.0 Å². The lowest BCUT2D eigenvalue weighted by molar-refractivity contribution is -0.121. The first-order valence-electron chi connectivity index (χ1n) is 9.20. The van der Waals surface area contributed by atoms with Crippen LogP contribution < -0.4 is 9.47 Å². The molecule has 2 aromatic carbocycles. The summed E-state index contributed by atoms with van der Waals surface area (Å²) < 4.78 is 18.5. The number of fused-ring (bicyclic) bond motifs is 1. The third-order valence-electron chi connectivity index (χ3n) is 4.66. The van der Waals surface area contributed by atoms with E-state index in [0.717, 1.165) is 27.7 Å². The number of hydrogen-bond donors (Lipinski definition) is 0. The van der Waals surface area contributed by atoms with Gasteiger partial charge >= 0.3 is 0 Å². The van der Waals surface area contributed by atoms with Crippen molar-refractivity contribution in [1.82, 2.24) is 4.31 Å². The van der Waals surface area contributed by atoms with Crippen LogP contribution in [0, 0.1) is 0 Å². The minimum atomic E-state index is -0.0374. The predicted molar refractivity (Wildman–Crippen MR) is 120 cm³/mol. The Kier molecular flexibility index (Phi) is 5.41. The maximum atomic E-state index is 13.0. The number of halogens is 1. The number of carbonyl (C=O) groups is 1. The van der Waals surface area contributed by atoms with Crippen LogP contribution in [-0.2, 0) is 11.3 Å². The van der Waals surface area contributed by atoms with E-state index in [2.05, 4.69) is 0 Å². The SMILES string of the molecule is O=C1/C(=C/c2ccc(-c3ccccc3Cl)o2)SCSN1Cc1ccc2c(c1)OCO2. The lowest BCUT2D eigenvalue weighted by Crippen LogP contribution is -2.27. The van der Waals surface area contributed by atoms with E-state index in [1.165, 1.54) is 23.7 Å². The quantitative estimate of drug-likeness (QED) is 0.351. The van der Waals surface area contributed by atoms with Gasteiger partial charge in [-0.1, -0.05) is 29.8 Å². The van der Waals surface area contributed by atoms with Gasteiger partial charge in [0.2, 0.25) is 6.79 Å². The van der Waals surface area contributed by atoms with Gasteiger partial charge in [0.25, 0.3) is 5.91 Å². The number of ether oxygens (including phenoxy) is 2. The summed E-state index contributed by atoms with van der Waals surface area (Å²) in [6.07, 6.45) is 1.79. The normalized spacial score (nSPS) is 17.0. The lowest BCUT2D eigenvalue weighted by atomic mass is 10.2. The zero-order chi connectivity index (χ0) is 20.5. The van der Waals surface area contributed by atoms with Crippen molar-refractivity contribution in [1.29, 1.82) is 0 Å². The average molecular weight is 458 g/mol. The Labute approximate surface area is 187 Å². The molecule has 5 nitrogen and oxygen atoms in total. The highest BCUT2D eigenvalue weighted by atomic mass is 35.5. The molecule has 8 heteroatoms. The van der Waals surface area contributed by atoms with E-state index in [1.54, 1.807) is 10.4 Å². The Balaban J connectivity index is 1.33. The minimum absolute atomic E-state index is 0.0374. The fourth-order valence-electron chi connectivity index (χ4n) is 3.19. The molecular weight excluding hydrogens is 442 g/mol. The molecule has 1 amide bonds. The molecule has 152 valence electrons. The molecule has 0 saturated carbocycles. The van der Waals surface area contributed by atoms with Crippen molar-refractivity contribution in [2.24, 2.45) is 0 Å². The van der Waals surface area contributed by atoms with Gasteiger partial charge in [-0.15, -0.1) is 11.8 Å². The molecule has 0 spiro atoms. The highest BCUT2D eigenvalue weighted by molar-refractivity contribution is 8.18. The van der Waals surface area contributed by atoms with Gasteiger partial charge in [0.05, 0.1) is 21.6 Å². The van der Waals surface area contributed by atoms with Gasteiger partial charge in [-0.25, -0.2) is 0 Å². The van der Waals surface area contributed by atoms with Crippen molar-refractivity contribution < 1.29 is 18.7 Å². The van der Waals surface area contributed by atoms with Gasteiger partial charge in [0.1, 0.15) is 11.5 Å². The molecule has 0 aliphatic carbocycles. The molecule has 1 aromatic heterocycles. The largest absolute Gasteiger partial charge is 0.457 e. The number of hydrogen-bond acceptors (Lipinski definition) is 6. The molecule has 1 fully saturated rings. The molecule has 0 unspecified atom stereocenters. The van der Waals surface area contributed by atoms with Crippen LogP contribution in [0.3, 0.4) is 0 Å². The first-order valence-corrected chi connectivity index (χ1v) is 11.5. The molecule has 3 aromatic rings. The monoisotopic (exact) mass is 457 g/mol. The van der Waals surface area contributed by atoms with Gasteiger partial charge < -0.3 is 13.9 Å². The Morgan fingerprint density at radius 1 is 1.07 bits per heavy atom. The lowest BCUT2D eigenvalue weighted by Gasteiger charge is -2.26. The summed E-state index contributed by atoms with van der Waals surface area (Å²) in [6.45, 7) is 0.722. The predicted octanol–water partition coefficient (Wildman–Crippen LogP) is 6.05. The van der Waals surface area contributed by atoms with Gasteiger partial charge in [-0.3, -0.25) is 9.10 Å². The average Bonchev–Trinajstić information content (AvgIpc) is 3.40. The summed E-state index contributed by atoms with van der Waals surface area (Å²) in [6, 6.07) is 17.0. The maximum Gasteiger partial charge on any atom is 0.270 e. The molecule has 1 saturated heterocycles. The second kappa shape index (κ2) is 8.34. The molecule has 0 atom stereocenters. The van der Waals surface area contributed by atoms with Crippen LogP contribution in [0.15, 0.2) is 63.9 Å². The van der Waals surface area contributed by atoms with E-state index in [4.69, 9.17) is 25.5 Å². The number of carbonyl (C=O) groups excluding carboxylic acids is 1. The Hall–Kier alpha value is -2.48. The van der Waals surface area contributed by atoms with E-state index in [-0.39, 0.29) is 12.7 Å². The van der Waals surface area contributed by atoms with Crippen LogP contribution in [-0.4, -0.2) is 22.1 Å². The van der Waals surface area contributed by atoms with Crippen LogP contribution in [0.2, 0.25) is 5.02 Å². The summed E-state index contributed by atoms with van der Waals surface area (Å²) in [4.78, 5) is 13.6. The van der Waals surface area contributed by atoms with Gasteiger partial charge in [-0.2, -0.15) is 0 Å². The van der Waals surface area contributed by atoms with Crippen LogP contribution in [0.5, 0.6) is 11.5 Å². The summed E-state index contributed by atoms with van der Waals surface area (Å²) in [7, 11) is 0. The maximum absolute atomic E-state index is 13.0. The number of amides is 1. The molecular formula is C22H16ClNO4S2. The van der Waals surface area contributed by atoms with Crippen molar-refractivity contribution in [3.63, 3.8) is 0 Å². The van der Waals surface area contributed by atoms with E-state index in [9.17, 15) is 4.79 Å². The Bertz CT molecular complexity index is 1140. The number of rotatable bonds is 4. The van der Waals surface area contributed by atoms with Gasteiger partial charge in [0.15, 0.2) is 11.5 Å². The smallest absolute Gasteiger partial charge is 0.270 e. The van der Waals surface area contributed by atoms with E-state index in [1.807, 2.05) is 54.6 Å². The van der Waals surface area contributed by atoms with Crippen LogP contribution in [0.1, 0.15) is 11.3 Å². The summed E-state index contributed by atoms with van der Waals surface area (Å²) >= 11 is 9.27. The molecule has 5 rings (SSSR count). The Morgan fingerprint density at radius 3 is 2.83 bits per heavy atom. The Morgan fingerprint density at radius 2 is 1.93 bits per heavy atom. The van der Waals surface area contributed by atoms with Crippen LogP contribution in [0.25, 0.3) is 17.4 Å². The molecule has 30 heavy (non-hydrogen) atoms. The highest BCUT2D eigenvalue weighted by Gasteiger charge is 2.26. The third kappa shape index (κ3) is 3.93. The van der Waals surface area contributed by atoms with Crippen LogP contribution >= 0.6 is 35.3 Å². The summed E-state index contributed by atoms with van der Waals surface area (Å²) in [5.74, 6) is 2.71. The topological polar surface area (TPSA) is 51.9 Å². The second-order valence-corrected chi connectivity index (χ2v) is 9.39. The number of nitrogens with zero attached hydrogens (tertiary/aromatic N) is 1. The van der Waals surface area contributed by atoms with E-state index >= 15 is 0 Å². The highest BCUT2D eigenvalue weighted by Crippen LogP contribution is 2.38. The molecule has 0 N–H and O–H groups in total. The zero-order valence-corrected chi connectivity index (χ0v) is 18.1. The van der Waals surface area contributed by atoms with Crippen molar-refractivity contribution in [2.75, 3.05) is 11.9 Å². The fourth-order valence-corrected chi connectivity index (χ4v) is 5.59. The minimum Gasteiger partial charge on any atom is -0.457 e. The van der Waals surface area contributed by atoms with Gasteiger partial charge in [0, 0.05) is 5.56 Å². The first-order chi connectivity index (χ1) is 14.7. The number of benzene rings is 2. The summed E-state index contributed by atoms with van der Waals surface area (Å²) in [5.41, 5.74) is 1.82. The fraction of sp³-hybridized carbons (Fsp3) is 0.136. The van der Waals surface area contributed by atoms with Crippen molar-refractivity contribution in [2.45, 2.75) is 6.54 Å². The number of thioether (sulfide) groups is 1. The summed E-state index contributed by atoms with van der Waals surface area (Å²) in [5, 5.41) is 1.38. The molecule has 2 aliphatic rings. The standard InChI is InChI=1S/C22H16ClNO4S2/c23-17-4-2-1-3-16(17)18-8-6-15(28-18)10-21-22(25)24(30-13-29-21)11-14-5-7-19-20(9-14)27-12-26-19/h1-10H,11-13H2/b21-10-. The van der Waals surface area contributed by atoms with Crippen LogP contribution in [0.4, 0.5) is 0 Å². The second-order valence-electron chi connectivity index (χ2n) is 6.61. The number of furan rings is 1. The molecule has 2 aliphatic heterocycles. The molecule has 3 heterocycles. The van der Waals surface area contributed by atoms with Crippen molar-refractivity contribution in [3.8, 4) is 22.8 Å². The van der Waals surface area contributed by atoms with E-state index < -0.39 is 0 Å². The third-order valence-corrected chi connectivity index (χ3v) is 7.10. The molecule has 0 radical (unpaired) electrons. The van der Waals surface area contributed by atoms with E-state index in [0.29, 0.717) is 28.0 Å². The van der Waals surface area contributed by atoms with Crippen molar-refractivity contribution >= 4 is 47.3 Å². The zero-order valence-electron chi connectivity index (χ0n) is 15.7. The molecule has 0 bridgehead atoms. The van der Waals surface area contributed by atoms with Crippen molar-refractivity contribution in [3.05, 3.63) is 75.8 Å².